The van der Waals surface area contributed by atoms with Crippen molar-refractivity contribution in [3.63, 3.8) is 0 Å². The summed E-state index contributed by atoms with van der Waals surface area (Å²) < 4.78 is 13.8. The van der Waals surface area contributed by atoms with Crippen LogP contribution in [0.3, 0.4) is 0 Å². The van der Waals surface area contributed by atoms with Crippen LogP contribution in [-0.4, -0.2) is 37.1 Å². The molecule has 0 aliphatic carbocycles. The third-order valence-corrected chi connectivity index (χ3v) is 2.02. The molecule has 0 radical (unpaired) electrons. The highest BCUT2D eigenvalue weighted by Crippen LogP contribution is 2.00. The Morgan fingerprint density at radius 1 is 0.762 bits per heavy atom. The molecule has 116 valence electrons. The molecule has 0 heterocycles. The summed E-state index contributed by atoms with van der Waals surface area (Å²) in [7, 11) is 0. The highest BCUT2D eigenvalue weighted by molar-refractivity contribution is 5.95. The number of rotatable bonds is 8. The molecule has 0 rings (SSSR count). The van der Waals surface area contributed by atoms with Gasteiger partial charge >= 0.3 is 23.9 Å². The first-order chi connectivity index (χ1) is 9.73. The van der Waals surface area contributed by atoms with Gasteiger partial charge in [0.1, 0.15) is 13.2 Å². The van der Waals surface area contributed by atoms with Gasteiger partial charge in [-0.15, -0.1) is 0 Å². The second-order valence-electron chi connectivity index (χ2n) is 4.18. The van der Waals surface area contributed by atoms with Gasteiger partial charge in [0, 0.05) is 11.1 Å². The zero-order valence-electron chi connectivity index (χ0n) is 12.1. The molecule has 7 heteroatoms. The van der Waals surface area contributed by atoms with Crippen molar-refractivity contribution in [1.82, 2.24) is 0 Å². The van der Waals surface area contributed by atoms with Crippen LogP contribution in [0.5, 0.6) is 0 Å². The fourth-order valence-electron chi connectivity index (χ4n) is 0.931. The lowest BCUT2D eigenvalue weighted by Gasteiger charge is -2.06. The summed E-state index contributed by atoms with van der Waals surface area (Å²) in [4.78, 5) is 44.5. The number of ether oxygens (including phenoxy) is 3. The van der Waals surface area contributed by atoms with Crippen LogP contribution in [0.4, 0.5) is 0 Å². The van der Waals surface area contributed by atoms with Crippen LogP contribution < -0.4 is 0 Å². The summed E-state index contributed by atoms with van der Waals surface area (Å²) in [5.41, 5.74) is 0.330. The Balaban J connectivity index is 3.78. The van der Waals surface area contributed by atoms with Gasteiger partial charge in [0.05, 0.1) is 12.8 Å². The van der Waals surface area contributed by atoms with E-state index in [0.717, 1.165) is 0 Å². The normalized spacial score (nSPS) is 9.43. The Kier molecular flexibility index (Phi) is 8.36. The molecule has 0 aromatic carbocycles. The van der Waals surface area contributed by atoms with Gasteiger partial charge in [-0.25, -0.2) is 9.59 Å². The highest BCUT2D eigenvalue weighted by Gasteiger charge is 2.13. The van der Waals surface area contributed by atoms with Gasteiger partial charge in [-0.3, -0.25) is 9.59 Å². The minimum atomic E-state index is -0.839. The lowest BCUT2D eigenvalue weighted by atomic mass is 10.3. The molecule has 21 heavy (non-hydrogen) atoms. The molecule has 0 spiro atoms. The first kappa shape index (κ1) is 18.6. The van der Waals surface area contributed by atoms with Gasteiger partial charge < -0.3 is 14.2 Å². The predicted octanol–water partition coefficient (Wildman–Crippen LogP) is 1.07. The van der Waals surface area contributed by atoms with Crippen molar-refractivity contribution in [2.75, 3.05) is 13.2 Å². The maximum Gasteiger partial charge on any atom is 0.340 e. The summed E-state index contributed by atoms with van der Waals surface area (Å²) in [6.45, 7) is 9.36. The van der Waals surface area contributed by atoms with Gasteiger partial charge in [0.25, 0.3) is 0 Å². The summed E-state index contributed by atoms with van der Waals surface area (Å²) in [6, 6.07) is 0. The largest absolute Gasteiger partial charge is 0.462 e. The van der Waals surface area contributed by atoms with E-state index >= 15 is 0 Å². The maximum absolute atomic E-state index is 11.3. The SMILES string of the molecule is C=C(C)C(=O)OCCOC(=O)CCC(=O)OC(=O)C(=C)C. The van der Waals surface area contributed by atoms with E-state index in [2.05, 4.69) is 17.9 Å². The molecule has 0 unspecified atom stereocenters. The van der Waals surface area contributed by atoms with E-state index in [4.69, 9.17) is 9.47 Å². The number of hydrogen-bond donors (Lipinski definition) is 0. The van der Waals surface area contributed by atoms with E-state index in [1.54, 1.807) is 0 Å². The van der Waals surface area contributed by atoms with E-state index in [0.29, 0.717) is 0 Å². The van der Waals surface area contributed by atoms with Crippen LogP contribution in [0.25, 0.3) is 0 Å². The van der Waals surface area contributed by atoms with E-state index in [1.807, 2.05) is 0 Å². The summed E-state index contributed by atoms with van der Waals surface area (Å²) >= 11 is 0. The van der Waals surface area contributed by atoms with Crippen LogP contribution >= 0.6 is 0 Å². The second kappa shape index (κ2) is 9.46. The fourth-order valence-corrected chi connectivity index (χ4v) is 0.931. The van der Waals surface area contributed by atoms with Gasteiger partial charge in [-0.05, 0) is 13.8 Å². The zero-order chi connectivity index (χ0) is 16.4. The van der Waals surface area contributed by atoms with Crippen molar-refractivity contribution in [1.29, 1.82) is 0 Å². The Labute approximate surface area is 122 Å². The van der Waals surface area contributed by atoms with Gasteiger partial charge in [0.2, 0.25) is 0 Å². The van der Waals surface area contributed by atoms with E-state index < -0.39 is 23.9 Å². The molecule has 0 bridgehead atoms. The third-order valence-electron chi connectivity index (χ3n) is 2.02. The minimum absolute atomic E-state index is 0.0882. The summed E-state index contributed by atoms with van der Waals surface area (Å²) in [5, 5.41) is 0. The van der Waals surface area contributed by atoms with Crippen LogP contribution in [-0.2, 0) is 33.4 Å². The number of carbonyl (C=O) groups excluding carboxylic acids is 4. The first-order valence-corrected chi connectivity index (χ1v) is 6.12. The molecule has 0 aromatic heterocycles. The molecular weight excluding hydrogens is 280 g/mol. The Morgan fingerprint density at radius 3 is 1.76 bits per heavy atom. The molecular formula is C14H18O7. The van der Waals surface area contributed by atoms with Crippen molar-refractivity contribution in [2.24, 2.45) is 0 Å². The van der Waals surface area contributed by atoms with E-state index in [9.17, 15) is 19.2 Å². The van der Waals surface area contributed by atoms with Crippen molar-refractivity contribution in [2.45, 2.75) is 26.7 Å². The Bertz CT molecular complexity index is 462. The van der Waals surface area contributed by atoms with Crippen LogP contribution in [0.15, 0.2) is 24.3 Å². The number of esters is 4. The third kappa shape index (κ3) is 9.15. The van der Waals surface area contributed by atoms with E-state index in [1.165, 1.54) is 13.8 Å². The summed E-state index contributed by atoms with van der Waals surface area (Å²) in [5.74, 6) is -2.91. The van der Waals surface area contributed by atoms with Gasteiger partial charge in [0.15, 0.2) is 0 Å². The minimum Gasteiger partial charge on any atom is -0.462 e. The molecule has 0 saturated carbocycles. The molecule has 0 aliphatic heterocycles. The van der Waals surface area contributed by atoms with Crippen molar-refractivity contribution in [3.05, 3.63) is 24.3 Å². The second-order valence-corrected chi connectivity index (χ2v) is 4.18. The quantitative estimate of drug-likeness (QED) is 0.217. The lowest BCUT2D eigenvalue weighted by Crippen LogP contribution is -2.17. The molecule has 0 amide bonds. The lowest BCUT2D eigenvalue weighted by molar-refractivity contribution is -0.159. The molecule has 7 nitrogen and oxygen atoms in total. The van der Waals surface area contributed by atoms with E-state index in [-0.39, 0.29) is 37.2 Å². The average Bonchev–Trinajstić information content (AvgIpc) is 2.40. The van der Waals surface area contributed by atoms with Crippen LogP contribution in [0.1, 0.15) is 26.7 Å². The van der Waals surface area contributed by atoms with Crippen molar-refractivity contribution < 1.29 is 33.4 Å². The van der Waals surface area contributed by atoms with Crippen LogP contribution in [0, 0.1) is 0 Å². The highest BCUT2D eigenvalue weighted by atomic mass is 16.6. The Morgan fingerprint density at radius 2 is 1.24 bits per heavy atom. The smallest absolute Gasteiger partial charge is 0.340 e. The molecule has 0 aliphatic rings. The number of hydrogen-bond acceptors (Lipinski definition) is 7. The van der Waals surface area contributed by atoms with Crippen molar-refractivity contribution in [3.8, 4) is 0 Å². The average molecular weight is 298 g/mol. The number of carbonyl (C=O) groups is 4. The zero-order valence-corrected chi connectivity index (χ0v) is 12.1. The topological polar surface area (TPSA) is 96.0 Å². The first-order valence-electron chi connectivity index (χ1n) is 6.12. The monoisotopic (exact) mass is 298 g/mol. The fraction of sp³-hybridized carbons (Fsp3) is 0.429. The van der Waals surface area contributed by atoms with Gasteiger partial charge in [-0.1, -0.05) is 13.2 Å². The van der Waals surface area contributed by atoms with Crippen molar-refractivity contribution >= 4 is 23.9 Å². The maximum atomic E-state index is 11.3. The molecule has 0 atom stereocenters. The standard InChI is InChI=1S/C14H18O7/c1-9(2)13(17)20-8-7-19-11(15)5-6-12(16)21-14(18)10(3)4/h1,3,5-8H2,2,4H3. The summed E-state index contributed by atoms with van der Waals surface area (Å²) in [6.07, 6.45) is -0.528. The predicted molar refractivity (Wildman–Crippen MR) is 71.9 cm³/mol. The molecule has 0 fully saturated rings. The van der Waals surface area contributed by atoms with Gasteiger partial charge in [-0.2, -0.15) is 0 Å². The molecule has 0 N–H and O–H groups in total. The molecule has 0 saturated heterocycles. The Hall–Kier alpha value is -2.44. The van der Waals surface area contributed by atoms with Crippen LogP contribution in [0.2, 0.25) is 0 Å². The molecule has 0 aromatic rings.